The van der Waals surface area contributed by atoms with Crippen LogP contribution in [-0.2, 0) is 16.1 Å². The van der Waals surface area contributed by atoms with Gasteiger partial charge in [-0.2, -0.15) is 0 Å². The Labute approximate surface area is 170 Å². The quantitative estimate of drug-likeness (QED) is 0.560. The molecule has 0 aliphatic carbocycles. The summed E-state index contributed by atoms with van der Waals surface area (Å²) >= 11 is 1.50. The number of benzene rings is 1. The number of esters is 1. The molecule has 0 saturated heterocycles. The van der Waals surface area contributed by atoms with Crippen molar-refractivity contribution in [1.82, 2.24) is 9.88 Å². The number of hydrogen-bond acceptors (Lipinski definition) is 6. The number of carbonyl (C=O) groups is 2. The van der Waals surface area contributed by atoms with E-state index in [0.29, 0.717) is 42.8 Å². The summed E-state index contributed by atoms with van der Waals surface area (Å²) in [4.78, 5) is 30.7. The summed E-state index contributed by atoms with van der Waals surface area (Å²) in [5.41, 5.74) is 2.92. The number of ether oxygens (including phenoxy) is 2. The number of amides is 1. The molecule has 0 fully saturated rings. The van der Waals surface area contributed by atoms with Crippen LogP contribution in [0.15, 0.2) is 35.2 Å². The van der Waals surface area contributed by atoms with Gasteiger partial charge in [0.1, 0.15) is 12.4 Å². The fourth-order valence-corrected chi connectivity index (χ4v) is 3.18. The Kier molecular flexibility index (Phi) is 8.44. The maximum Gasteiger partial charge on any atom is 0.338 e. The first-order chi connectivity index (χ1) is 13.3. The topological polar surface area (TPSA) is 68.7 Å². The van der Waals surface area contributed by atoms with Crippen LogP contribution >= 0.6 is 11.3 Å². The van der Waals surface area contributed by atoms with Gasteiger partial charge in [-0.3, -0.25) is 4.79 Å². The van der Waals surface area contributed by atoms with Crippen LogP contribution in [0.5, 0.6) is 5.75 Å². The highest BCUT2D eigenvalue weighted by Crippen LogP contribution is 2.16. The molecule has 1 aromatic heterocycles. The van der Waals surface area contributed by atoms with E-state index in [1.807, 2.05) is 5.38 Å². The zero-order chi connectivity index (χ0) is 20.5. The number of aromatic nitrogens is 1. The molecule has 2 rings (SSSR count). The summed E-state index contributed by atoms with van der Waals surface area (Å²) in [6.45, 7) is 9.60. The molecule has 0 saturated carbocycles. The molecule has 0 atom stereocenters. The van der Waals surface area contributed by atoms with Crippen molar-refractivity contribution in [3.8, 4) is 5.75 Å². The normalized spacial score (nSPS) is 10.9. The molecule has 0 spiro atoms. The van der Waals surface area contributed by atoms with E-state index in [9.17, 15) is 9.59 Å². The molecular weight excluding hydrogens is 376 g/mol. The van der Waals surface area contributed by atoms with E-state index in [0.717, 1.165) is 5.69 Å². The van der Waals surface area contributed by atoms with Crippen LogP contribution in [0.25, 0.3) is 0 Å². The van der Waals surface area contributed by atoms with Crippen LogP contribution < -0.4 is 4.74 Å². The van der Waals surface area contributed by atoms with Crippen LogP contribution in [-0.4, -0.2) is 41.5 Å². The number of thiazole rings is 1. The minimum absolute atomic E-state index is 0.174. The van der Waals surface area contributed by atoms with Crippen LogP contribution in [0.1, 0.15) is 43.7 Å². The average molecular weight is 405 g/mol. The molecule has 0 radical (unpaired) electrons. The molecule has 0 aliphatic heterocycles. The van der Waals surface area contributed by atoms with Crippen molar-refractivity contribution in [1.29, 1.82) is 0 Å². The molecular formula is C21H28N2O4S. The zero-order valence-electron chi connectivity index (χ0n) is 16.9. The maximum atomic E-state index is 12.5. The SMILES string of the molecule is CC(C)CN(CC(C)C)C(=O)COC(=O)c1cccc(OCc2cscn2)c1. The van der Waals surface area contributed by atoms with E-state index in [-0.39, 0.29) is 12.5 Å². The average Bonchev–Trinajstić information content (AvgIpc) is 3.16. The van der Waals surface area contributed by atoms with Gasteiger partial charge in [0.2, 0.25) is 0 Å². The lowest BCUT2D eigenvalue weighted by Crippen LogP contribution is -2.39. The molecule has 0 N–H and O–H groups in total. The summed E-state index contributed by atoms with van der Waals surface area (Å²) in [7, 11) is 0. The molecule has 28 heavy (non-hydrogen) atoms. The van der Waals surface area contributed by atoms with Crippen molar-refractivity contribution in [2.75, 3.05) is 19.7 Å². The second kappa shape index (κ2) is 10.8. The fraction of sp³-hybridized carbons (Fsp3) is 0.476. The van der Waals surface area contributed by atoms with Crippen molar-refractivity contribution in [2.24, 2.45) is 11.8 Å². The van der Waals surface area contributed by atoms with E-state index in [4.69, 9.17) is 9.47 Å². The van der Waals surface area contributed by atoms with Gasteiger partial charge in [-0.25, -0.2) is 9.78 Å². The number of nitrogens with zero attached hydrogens (tertiary/aromatic N) is 2. The zero-order valence-corrected chi connectivity index (χ0v) is 17.7. The van der Waals surface area contributed by atoms with Gasteiger partial charge >= 0.3 is 5.97 Å². The van der Waals surface area contributed by atoms with E-state index in [1.54, 1.807) is 34.7 Å². The summed E-state index contributed by atoms with van der Waals surface area (Å²) in [6.07, 6.45) is 0. The minimum Gasteiger partial charge on any atom is -0.487 e. The standard InChI is InChI=1S/C21H28N2O4S/c1-15(2)9-23(10-16(3)4)20(24)12-27-21(25)17-6-5-7-19(8-17)26-11-18-13-28-14-22-18/h5-8,13-16H,9-12H2,1-4H3. The molecule has 0 bridgehead atoms. The Morgan fingerprint density at radius 3 is 2.46 bits per heavy atom. The molecule has 2 aromatic rings. The van der Waals surface area contributed by atoms with E-state index < -0.39 is 5.97 Å². The number of rotatable bonds is 10. The lowest BCUT2D eigenvalue weighted by Gasteiger charge is -2.26. The van der Waals surface area contributed by atoms with Gasteiger partial charge in [-0.1, -0.05) is 33.8 Å². The number of carbonyl (C=O) groups excluding carboxylic acids is 2. The molecule has 0 aliphatic rings. The first-order valence-corrected chi connectivity index (χ1v) is 10.3. The van der Waals surface area contributed by atoms with E-state index in [1.165, 1.54) is 11.3 Å². The summed E-state index contributed by atoms with van der Waals surface area (Å²) < 4.78 is 10.9. The summed E-state index contributed by atoms with van der Waals surface area (Å²) in [5, 5.41) is 1.91. The highest BCUT2D eigenvalue weighted by Gasteiger charge is 2.18. The van der Waals surface area contributed by atoms with Crippen molar-refractivity contribution in [2.45, 2.75) is 34.3 Å². The van der Waals surface area contributed by atoms with Gasteiger partial charge < -0.3 is 14.4 Å². The van der Waals surface area contributed by atoms with Crippen molar-refractivity contribution >= 4 is 23.2 Å². The monoisotopic (exact) mass is 404 g/mol. The lowest BCUT2D eigenvalue weighted by molar-refractivity contribution is -0.135. The second-order valence-electron chi connectivity index (χ2n) is 7.46. The van der Waals surface area contributed by atoms with Crippen molar-refractivity contribution in [3.05, 3.63) is 46.4 Å². The minimum atomic E-state index is -0.540. The van der Waals surface area contributed by atoms with E-state index >= 15 is 0 Å². The van der Waals surface area contributed by atoms with Gasteiger partial charge in [0, 0.05) is 18.5 Å². The molecule has 0 unspecified atom stereocenters. The Morgan fingerprint density at radius 2 is 1.86 bits per heavy atom. The van der Waals surface area contributed by atoms with Crippen LogP contribution in [0, 0.1) is 11.8 Å². The summed E-state index contributed by atoms with van der Waals surface area (Å²) in [6, 6.07) is 6.74. The summed E-state index contributed by atoms with van der Waals surface area (Å²) in [5.74, 6) is 0.540. The Bertz CT molecular complexity index is 750. The first kappa shape index (κ1) is 21.9. The van der Waals surface area contributed by atoms with Crippen molar-refractivity contribution in [3.63, 3.8) is 0 Å². The van der Waals surface area contributed by atoms with Gasteiger partial charge in [0.05, 0.1) is 16.8 Å². The smallest absolute Gasteiger partial charge is 0.338 e. The van der Waals surface area contributed by atoms with Gasteiger partial charge in [0.25, 0.3) is 5.91 Å². The Balaban J connectivity index is 1.90. The molecule has 7 heteroatoms. The van der Waals surface area contributed by atoms with E-state index in [2.05, 4.69) is 32.7 Å². The van der Waals surface area contributed by atoms with Gasteiger partial charge in [0.15, 0.2) is 6.61 Å². The lowest BCUT2D eigenvalue weighted by atomic mass is 10.1. The van der Waals surface area contributed by atoms with Gasteiger partial charge in [-0.05, 0) is 30.0 Å². The van der Waals surface area contributed by atoms with Gasteiger partial charge in [-0.15, -0.1) is 11.3 Å². The molecule has 1 amide bonds. The third-order valence-electron chi connectivity index (χ3n) is 3.79. The Hall–Kier alpha value is -2.41. The Morgan fingerprint density at radius 1 is 1.14 bits per heavy atom. The fourth-order valence-electron chi connectivity index (χ4n) is 2.64. The largest absolute Gasteiger partial charge is 0.487 e. The molecule has 1 heterocycles. The van der Waals surface area contributed by atoms with Crippen LogP contribution in [0.4, 0.5) is 0 Å². The predicted octanol–water partition coefficient (Wildman–Crippen LogP) is 4.02. The number of hydrogen-bond donors (Lipinski definition) is 0. The molecule has 1 aromatic carbocycles. The first-order valence-electron chi connectivity index (χ1n) is 9.40. The highest BCUT2D eigenvalue weighted by atomic mass is 32.1. The van der Waals surface area contributed by atoms with Crippen LogP contribution in [0.2, 0.25) is 0 Å². The molecule has 6 nitrogen and oxygen atoms in total. The third-order valence-corrected chi connectivity index (χ3v) is 4.43. The van der Waals surface area contributed by atoms with Crippen molar-refractivity contribution < 1.29 is 19.1 Å². The third kappa shape index (κ3) is 7.31. The highest BCUT2D eigenvalue weighted by molar-refractivity contribution is 7.07. The predicted molar refractivity (Wildman–Crippen MR) is 109 cm³/mol. The second-order valence-corrected chi connectivity index (χ2v) is 8.18. The maximum absolute atomic E-state index is 12.5. The van der Waals surface area contributed by atoms with Crippen LogP contribution in [0.3, 0.4) is 0 Å². The molecule has 152 valence electrons.